The van der Waals surface area contributed by atoms with Gasteiger partial charge in [-0.2, -0.15) is 0 Å². The van der Waals surface area contributed by atoms with Crippen LogP contribution in [0.1, 0.15) is 23.4 Å². The maximum atomic E-state index is 4.26. The lowest BCUT2D eigenvalue weighted by Gasteiger charge is -2.18. The minimum absolute atomic E-state index is 0.220. The fourth-order valence-electron chi connectivity index (χ4n) is 1.84. The summed E-state index contributed by atoms with van der Waals surface area (Å²) in [6.45, 7) is 2.90. The number of nitrogens with one attached hydrogen (secondary N) is 2. The molecule has 1 aromatic heterocycles. The molecule has 0 aliphatic heterocycles. The zero-order chi connectivity index (χ0) is 14.4. The molecule has 20 heavy (non-hydrogen) atoms. The van der Waals surface area contributed by atoms with Crippen LogP contribution < -0.4 is 10.6 Å². The van der Waals surface area contributed by atoms with Gasteiger partial charge in [-0.25, -0.2) is 0 Å². The van der Waals surface area contributed by atoms with E-state index in [1.54, 1.807) is 18.4 Å². The standard InChI is InChI=1S/C15H18BrN3S/c1-11(12-6-4-3-5-7-12)19-15(17-2)18-9-14-8-13(16)10-20-14/h3-8,10-11H,9H2,1-2H3,(H2,17,18,19). The third-order valence-electron chi connectivity index (χ3n) is 2.93. The lowest BCUT2D eigenvalue weighted by atomic mass is 10.1. The number of hydrogen-bond donors (Lipinski definition) is 2. The van der Waals surface area contributed by atoms with Crippen molar-refractivity contribution in [2.24, 2.45) is 4.99 Å². The Morgan fingerprint density at radius 2 is 2.10 bits per heavy atom. The van der Waals surface area contributed by atoms with Crippen molar-refractivity contribution in [1.82, 2.24) is 10.6 Å². The van der Waals surface area contributed by atoms with Gasteiger partial charge in [0.05, 0.1) is 12.6 Å². The molecule has 2 rings (SSSR count). The van der Waals surface area contributed by atoms with Crippen LogP contribution in [-0.4, -0.2) is 13.0 Å². The van der Waals surface area contributed by atoms with E-state index in [4.69, 9.17) is 0 Å². The van der Waals surface area contributed by atoms with Crippen molar-refractivity contribution in [2.75, 3.05) is 7.05 Å². The Labute approximate surface area is 132 Å². The Kier molecular flexibility index (Phi) is 5.61. The zero-order valence-electron chi connectivity index (χ0n) is 11.6. The van der Waals surface area contributed by atoms with Crippen molar-refractivity contribution in [1.29, 1.82) is 0 Å². The Balaban J connectivity index is 1.89. The summed E-state index contributed by atoms with van der Waals surface area (Å²) in [5.41, 5.74) is 1.24. The van der Waals surface area contributed by atoms with Gasteiger partial charge in [0, 0.05) is 21.8 Å². The Morgan fingerprint density at radius 3 is 2.70 bits per heavy atom. The minimum atomic E-state index is 0.220. The lowest BCUT2D eigenvalue weighted by molar-refractivity contribution is 0.686. The molecular weight excluding hydrogens is 334 g/mol. The number of thiophene rings is 1. The smallest absolute Gasteiger partial charge is 0.191 e. The average molecular weight is 352 g/mol. The van der Waals surface area contributed by atoms with Gasteiger partial charge in [0.1, 0.15) is 0 Å². The third-order valence-corrected chi connectivity index (χ3v) is 4.63. The van der Waals surface area contributed by atoms with Gasteiger partial charge in [0.15, 0.2) is 5.96 Å². The molecule has 1 heterocycles. The number of halogens is 1. The zero-order valence-corrected chi connectivity index (χ0v) is 14.0. The van der Waals surface area contributed by atoms with Gasteiger partial charge in [-0.1, -0.05) is 30.3 Å². The molecule has 0 amide bonds. The molecule has 0 radical (unpaired) electrons. The summed E-state index contributed by atoms with van der Waals surface area (Å²) in [5.74, 6) is 0.811. The molecule has 0 bridgehead atoms. The van der Waals surface area contributed by atoms with Crippen molar-refractivity contribution >= 4 is 33.2 Å². The largest absolute Gasteiger partial charge is 0.352 e. The monoisotopic (exact) mass is 351 g/mol. The Hall–Kier alpha value is -1.33. The number of guanidine groups is 1. The first kappa shape index (κ1) is 15.1. The highest BCUT2D eigenvalue weighted by Crippen LogP contribution is 2.19. The average Bonchev–Trinajstić information content (AvgIpc) is 2.89. The van der Waals surface area contributed by atoms with Gasteiger partial charge in [0.2, 0.25) is 0 Å². The topological polar surface area (TPSA) is 36.4 Å². The maximum absolute atomic E-state index is 4.26. The van der Waals surface area contributed by atoms with E-state index in [0.29, 0.717) is 0 Å². The van der Waals surface area contributed by atoms with Crippen molar-refractivity contribution in [2.45, 2.75) is 19.5 Å². The van der Waals surface area contributed by atoms with Gasteiger partial charge in [0.25, 0.3) is 0 Å². The lowest BCUT2D eigenvalue weighted by Crippen LogP contribution is -2.38. The molecule has 2 aromatic rings. The summed E-state index contributed by atoms with van der Waals surface area (Å²) in [5, 5.41) is 8.80. The molecule has 0 spiro atoms. The molecule has 1 unspecified atom stereocenters. The molecule has 5 heteroatoms. The predicted molar refractivity (Wildman–Crippen MR) is 90.2 cm³/mol. The van der Waals surface area contributed by atoms with E-state index in [-0.39, 0.29) is 6.04 Å². The second-order valence-corrected chi connectivity index (χ2v) is 6.35. The van der Waals surface area contributed by atoms with Gasteiger partial charge in [-0.15, -0.1) is 11.3 Å². The van der Waals surface area contributed by atoms with Gasteiger partial charge < -0.3 is 10.6 Å². The van der Waals surface area contributed by atoms with Crippen LogP contribution in [0.5, 0.6) is 0 Å². The van der Waals surface area contributed by atoms with Gasteiger partial charge in [-0.05, 0) is 34.5 Å². The van der Waals surface area contributed by atoms with Crippen molar-refractivity contribution in [3.63, 3.8) is 0 Å². The summed E-state index contributed by atoms with van der Waals surface area (Å²) >= 11 is 5.19. The first-order chi connectivity index (χ1) is 9.69. The number of benzene rings is 1. The van der Waals surface area contributed by atoms with Gasteiger partial charge in [-0.3, -0.25) is 4.99 Å². The second kappa shape index (κ2) is 7.45. The summed E-state index contributed by atoms with van der Waals surface area (Å²) in [6.07, 6.45) is 0. The SMILES string of the molecule is CN=C(NCc1cc(Br)cs1)NC(C)c1ccccc1. The number of hydrogen-bond acceptors (Lipinski definition) is 2. The van der Waals surface area contributed by atoms with Crippen molar-refractivity contribution < 1.29 is 0 Å². The number of nitrogens with zero attached hydrogens (tertiary/aromatic N) is 1. The molecule has 0 fully saturated rings. The van der Waals surface area contributed by atoms with E-state index >= 15 is 0 Å². The third kappa shape index (κ3) is 4.35. The van der Waals surface area contributed by atoms with Crippen LogP contribution in [0, 0.1) is 0 Å². The summed E-state index contributed by atoms with van der Waals surface area (Å²) < 4.78 is 1.12. The first-order valence-corrected chi connectivity index (χ1v) is 8.11. The fraction of sp³-hybridized carbons (Fsp3) is 0.267. The van der Waals surface area contributed by atoms with E-state index in [0.717, 1.165) is 17.0 Å². The first-order valence-electron chi connectivity index (χ1n) is 6.44. The van der Waals surface area contributed by atoms with Crippen LogP contribution in [0.3, 0.4) is 0 Å². The molecule has 0 saturated carbocycles. The summed E-state index contributed by atoms with van der Waals surface area (Å²) in [4.78, 5) is 5.53. The highest BCUT2D eigenvalue weighted by atomic mass is 79.9. The van der Waals surface area contributed by atoms with Crippen LogP contribution in [-0.2, 0) is 6.54 Å². The van der Waals surface area contributed by atoms with Crippen LogP contribution in [0.25, 0.3) is 0 Å². The summed E-state index contributed by atoms with van der Waals surface area (Å²) in [6, 6.07) is 12.7. The highest BCUT2D eigenvalue weighted by molar-refractivity contribution is 9.10. The van der Waals surface area contributed by atoms with Crippen LogP contribution in [0.15, 0.2) is 51.2 Å². The van der Waals surface area contributed by atoms with Gasteiger partial charge >= 0.3 is 0 Å². The quantitative estimate of drug-likeness (QED) is 0.646. The van der Waals surface area contributed by atoms with Crippen LogP contribution >= 0.6 is 27.3 Å². The molecule has 0 aliphatic rings. The van der Waals surface area contributed by atoms with E-state index < -0.39 is 0 Å². The van der Waals surface area contributed by atoms with E-state index in [1.807, 2.05) is 18.2 Å². The second-order valence-electron chi connectivity index (χ2n) is 4.43. The Bertz CT molecular complexity index is 566. The van der Waals surface area contributed by atoms with Crippen LogP contribution in [0.2, 0.25) is 0 Å². The maximum Gasteiger partial charge on any atom is 0.191 e. The Morgan fingerprint density at radius 1 is 1.35 bits per heavy atom. The van der Waals surface area contributed by atoms with E-state index in [9.17, 15) is 0 Å². The predicted octanol–water partition coefficient (Wildman–Crippen LogP) is 3.94. The molecule has 0 aliphatic carbocycles. The van der Waals surface area contributed by atoms with E-state index in [2.05, 4.69) is 62.1 Å². The molecular formula is C15H18BrN3S. The molecule has 2 N–H and O–H groups in total. The van der Waals surface area contributed by atoms with Crippen molar-refractivity contribution in [3.05, 3.63) is 56.7 Å². The molecule has 1 aromatic carbocycles. The van der Waals surface area contributed by atoms with Crippen LogP contribution in [0.4, 0.5) is 0 Å². The number of aliphatic imine (C=N–C) groups is 1. The summed E-state index contributed by atoms with van der Waals surface area (Å²) in [7, 11) is 1.79. The molecule has 0 saturated heterocycles. The molecule has 106 valence electrons. The van der Waals surface area contributed by atoms with E-state index in [1.165, 1.54) is 10.4 Å². The minimum Gasteiger partial charge on any atom is -0.352 e. The number of rotatable bonds is 4. The highest BCUT2D eigenvalue weighted by Gasteiger charge is 2.07. The van der Waals surface area contributed by atoms with Crippen molar-refractivity contribution in [3.8, 4) is 0 Å². The molecule has 1 atom stereocenters. The fourth-order valence-corrected chi connectivity index (χ4v) is 3.23. The molecule has 3 nitrogen and oxygen atoms in total. The normalized spacial score (nSPS) is 13.1.